The van der Waals surface area contributed by atoms with Crippen molar-refractivity contribution in [1.29, 1.82) is 0 Å². The molecule has 0 aliphatic carbocycles. The number of hydrogen-bond donors (Lipinski definition) is 1. The first-order valence-electron chi connectivity index (χ1n) is 9.35. The summed E-state index contributed by atoms with van der Waals surface area (Å²) in [5.41, 5.74) is 3.21. The van der Waals surface area contributed by atoms with Gasteiger partial charge in [0.15, 0.2) is 5.65 Å². The van der Waals surface area contributed by atoms with Gasteiger partial charge in [-0.3, -0.25) is 9.99 Å². The van der Waals surface area contributed by atoms with Crippen molar-refractivity contribution in [3.8, 4) is 0 Å². The Bertz CT molecular complexity index is 1220. The highest BCUT2D eigenvalue weighted by Gasteiger charge is 2.21. The van der Waals surface area contributed by atoms with Crippen LogP contribution in [0.25, 0.3) is 22.1 Å². The normalized spacial score (nSPS) is 16.3. The van der Waals surface area contributed by atoms with Crippen molar-refractivity contribution in [3.05, 3.63) is 59.7 Å². The van der Waals surface area contributed by atoms with E-state index in [2.05, 4.69) is 20.4 Å². The predicted octanol–water partition coefficient (Wildman–Crippen LogP) is 1.94. The lowest BCUT2D eigenvalue weighted by Gasteiger charge is -2.14. The first kappa shape index (κ1) is 17.6. The van der Waals surface area contributed by atoms with Crippen LogP contribution in [-0.2, 0) is 6.54 Å². The Morgan fingerprint density at radius 1 is 1.14 bits per heavy atom. The summed E-state index contributed by atoms with van der Waals surface area (Å²) in [4.78, 5) is 8.91. The molecule has 1 unspecified atom stereocenters. The molecule has 0 spiro atoms. The van der Waals surface area contributed by atoms with Gasteiger partial charge in [-0.25, -0.2) is 14.1 Å². The molecule has 9 heteroatoms. The molecule has 1 aliphatic heterocycles. The van der Waals surface area contributed by atoms with E-state index in [0.717, 1.165) is 5.69 Å². The van der Waals surface area contributed by atoms with Gasteiger partial charge in [0.2, 0.25) is 0 Å². The van der Waals surface area contributed by atoms with Gasteiger partial charge in [-0.15, -0.1) is 5.10 Å². The lowest BCUT2D eigenvalue weighted by molar-refractivity contribution is 0.210. The molecule has 4 heterocycles. The van der Waals surface area contributed by atoms with Gasteiger partial charge >= 0.3 is 0 Å². The summed E-state index contributed by atoms with van der Waals surface area (Å²) in [7, 11) is 0. The number of β-amino-alcohol motifs (C(OH)–C–C–N with tert-alkyl or cyclic N) is 1. The number of hydrogen-bond acceptors (Lipinski definition) is 7. The van der Waals surface area contributed by atoms with E-state index in [1.807, 2.05) is 23.4 Å². The van der Waals surface area contributed by atoms with Gasteiger partial charge in [-0.05, 0) is 30.3 Å². The van der Waals surface area contributed by atoms with Crippen LogP contribution < -0.4 is 0 Å². The van der Waals surface area contributed by atoms with Crippen molar-refractivity contribution in [2.24, 2.45) is 5.10 Å². The lowest BCUT2D eigenvalue weighted by atomic mass is 10.1. The number of aromatic nitrogens is 5. The van der Waals surface area contributed by atoms with Gasteiger partial charge in [0.05, 0.1) is 36.8 Å². The zero-order valence-electron chi connectivity index (χ0n) is 15.5. The van der Waals surface area contributed by atoms with E-state index in [4.69, 9.17) is 10.1 Å². The molecule has 5 rings (SSSR count). The zero-order chi connectivity index (χ0) is 19.8. The molecule has 1 aliphatic rings. The van der Waals surface area contributed by atoms with Crippen LogP contribution in [-0.4, -0.2) is 61.0 Å². The second-order valence-corrected chi connectivity index (χ2v) is 6.94. The van der Waals surface area contributed by atoms with Crippen LogP contribution in [0.3, 0.4) is 0 Å². The van der Waals surface area contributed by atoms with Gasteiger partial charge < -0.3 is 5.11 Å². The van der Waals surface area contributed by atoms with Crippen molar-refractivity contribution in [3.63, 3.8) is 0 Å². The molecular weight excluding hydrogens is 373 g/mol. The number of nitrogens with zero attached hydrogens (tertiary/aromatic N) is 7. The fraction of sp³-hybridized carbons (Fsp3) is 0.250. The van der Waals surface area contributed by atoms with Crippen LogP contribution in [0, 0.1) is 5.82 Å². The Kier molecular flexibility index (Phi) is 4.36. The molecule has 0 saturated heterocycles. The number of rotatable bonds is 5. The first-order valence-corrected chi connectivity index (χ1v) is 9.35. The summed E-state index contributed by atoms with van der Waals surface area (Å²) >= 11 is 0. The average Bonchev–Trinajstić information content (AvgIpc) is 3.37. The number of pyridine rings is 2. The molecule has 8 nitrogen and oxygen atoms in total. The Hall–Kier alpha value is -3.46. The summed E-state index contributed by atoms with van der Waals surface area (Å²) < 4.78 is 16.5. The number of aliphatic hydroxyl groups excluding tert-OH is 1. The summed E-state index contributed by atoms with van der Waals surface area (Å²) in [6.07, 6.45) is 3.47. The molecular formula is C20H18FN7O. The minimum Gasteiger partial charge on any atom is -0.394 e. The van der Waals surface area contributed by atoms with E-state index < -0.39 is 0 Å². The van der Waals surface area contributed by atoms with Crippen molar-refractivity contribution in [2.45, 2.75) is 12.5 Å². The standard InChI is InChI=1S/C20H18FN7O/c21-19-13(3-4-17-15(19)2-1-7-22-17)12-28-20-18(25-26-28)6-5-16(24-20)14-10-23-27(11-14)8-9-29/h1-7,10,14,29H,8-9,11-12H2. The number of hydrazone groups is 1. The monoisotopic (exact) mass is 391 g/mol. The average molecular weight is 391 g/mol. The fourth-order valence-corrected chi connectivity index (χ4v) is 3.56. The third kappa shape index (κ3) is 3.19. The topological polar surface area (TPSA) is 92.3 Å². The third-order valence-corrected chi connectivity index (χ3v) is 5.06. The first-order chi connectivity index (χ1) is 14.2. The number of aliphatic hydroxyl groups is 1. The molecule has 0 fully saturated rings. The molecule has 146 valence electrons. The molecule has 0 radical (unpaired) electrons. The molecule has 1 N–H and O–H groups in total. The van der Waals surface area contributed by atoms with Crippen LogP contribution in [0.4, 0.5) is 4.39 Å². The third-order valence-electron chi connectivity index (χ3n) is 5.06. The summed E-state index contributed by atoms with van der Waals surface area (Å²) in [6, 6.07) is 10.7. The summed E-state index contributed by atoms with van der Waals surface area (Å²) in [6.45, 7) is 1.43. The zero-order valence-corrected chi connectivity index (χ0v) is 15.5. The Morgan fingerprint density at radius 2 is 2.03 bits per heavy atom. The maximum absolute atomic E-state index is 14.9. The van der Waals surface area contributed by atoms with E-state index >= 15 is 0 Å². The quantitative estimate of drug-likeness (QED) is 0.559. The van der Waals surface area contributed by atoms with Crippen molar-refractivity contribution < 1.29 is 9.50 Å². The lowest BCUT2D eigenvalue weighted by Crippen LogP contribution is -2.21. The van der Waals surface area contributed by atoms with Gasteiger partial charge in [0.25, 0.3) is 0 Å². The van der Waals surface area contributed by atoms with Crippen LogP contribution in [0.15, 0.2) is 47.7 Å². The minimum absolute atomic E-state index is 0.0257. The van der Waals surface area contributed by atoms with Gasteiger partial charge in [-0.1, -0.05) is 11.3 Å². The molecule has 3 aromatic heterocycles. The highest BCUT2D eigenvalue weighted by molar-refractivity contribution is 5.80. The van der Waals surface area contributed by atoms with E-state index in [1.165, 1.54) is 0 Å². The highest BCUT2D eigenvalue weighted by Crippen LogP contribution is 2.23. The van der Waals surface area contributed by atoms with E-state index in [0.29, 0.717) is 40.7 Å². The largest absolute Gasteiger partial charge is 0.394 e. The highest BCUT2D eigenvalue weighted by atomic mass is 19.1. The van der Waals surface area contributed by atoms with Gasteiger partial charge in [-0.2, -0.15) is 5.10 Å². The van der Waals surface area contributed by atoms with Gasteiger partial charge in [0.1, 0.15) is 11.3 Å². The molecule has 29 heavy (non-hydrogen) atoms. The minimum atomic E-state index is -0.307. The molecule has 1 aromatic carbocycles. The van der Waals surface area contributed by atoms with Crippen LogP contribution >= 0.6 is 0 Å². The fourth-order valence-electron chi connectivity index (χ4n) is 3.56. The number of benzene rings is 1. The number of fused-ring (bicyclic) bond motifs is 2. The Morgan fingerprint density at radius 3 is 2.93 bits per heavy atom. The van der Waals surface area contributed by atoms with Crippen LogP contribution in [0.2, 0.25) is 0 Å². The Labute approximate surface area is 165 Å². The maximum atomic E-state index is 14.9. The summed E-state index contributed by atoms with van der Waals surface area (Å²) in [5.74, 6) is -0.282. The Balaban J connectivity index is 1.47. The van der Waals surface area contributed by atoms with Crippen LogP contribution in [0.1, 0.15) is 17.2 Å². The second kappa shape index (κ2) is 7.17. The van der Waals surface area contributed by atoms with Crippen molar-refractivity contribution in [1.82, 2.24) is 30.0 Å². The van der Waals surface area contributed by atoms with Crippen LogP contribution in [0.5, 0.6) is 0 Å². The van der Waals surface area contributed by atoms with Gasteiger partial charge in [0, 0.05) is 29.9 Å². The van der Waals surface area contributed by atoms with E-state index in [1.54, 1.807) is 35.1 Å². The molecule has 0 amide bonds. The maximum Gasteiger partial charge on any atom is 0.179 e. The van der Waals surface area contributed by atoms with E-state index in [-0.39, 0.29) is 24.9 Å². The number of halogens is 1. The van der Waals surface area contributed by atoms with E-state index in [9.17, 15) is 4.39 Å². The molecule has 4 aromatic rings. The molecule has 0 saturated carbocycles. The smallest absolute Gasteiger partial charge is 0.179 e. The second-order valence-electron chi connectivity index (χ2n) is 6.94. The SMILES string of the molecule is OCCN1CC(c2ccc3nnn(Cc4ccc5ncccc5c4F)c3n2)C=N1. The summed E-state index contributed by atoms with van der Waals surface area (Å²) in [5, 5.41) is 24.0. The molecule has 1 atom stereocenters. The predicted molar refractivity (Wildman–Crippen MR) is 106 cm³/mol. The molecule has 0 bridgehead atoms. The van der Waals surface area contributed by atoms with Crippen molar-refractivity contribution in [2.75, 3.05) is 19.7 Å². The van der Waals surface area contributed by atoms with Crippen molar-refractivity contribution >= 4 is 28.3 Å².